The van der Waals surface area contributed by atoms with E-state index in [2.05, 4.69) is 15.4 Å². The largest absolute Gasteiger partial charge is 0.573 e. The highest BCUT2D eigenvalue weighted by Gasteiger charge is 2.31. The van der Waals surface area contributed by atoms with Crippen molar-refractivity contribution in [3.8, 4) is 5.75 Å². The minimum absolute atomic E-state index is 0.241. The van der Waals surface area contributed by atoms with E-state index in [1.807, 2.05) is 0 Å². The van der Waals surface area contributed by atoms with Crippen molar-refractivity contribution in [2.24, 2.45) is 0 Å². The number of nitrogens with one attached hydrogen (secondary N) is 2. The lowest BCUT2D eigenvalue weighted by Gasteiger charge is -2.26. The molecule has 5 nitrogen and oxygen atoms in total. The van der Waals surface area contributed by atoms with Gasteiger partial charge >= 0.3 is 6.36 Å². The van der Waals surface area contributed by atoms with Crippen LogP contribution >= 0.6 is 0 Å². The maximum absolute atomic E-state index is 12.0. The Labute approximate surface area is 126 Å². The van der Waals surface area contributed by atoms with Crippen molar-refractivity contribution in [2.45, 2.75) is 18.5 Å². The van der Waals surface area contributed by atoms with Crippen LogP contribution in [0, 0.1) is 0 Å². The van der Waals surface area contributed by atoms with Crippen LogP contribution in [0.5, 0.6) is 5.75 Å². The molecule has 0 spiro atoms. The highest BCUT2D eigenvalue weighted by molar-refractivity contribution is 5.27. The first-order chi connectivity index (χ1) is 10.4. The van der Waals surface area contributed by atoms with Crippen LogP contribution in [0.15, 0.2) is 24.3 Å². The zero-order chi connectivity index (χ0) is 16.1. The summed E-state index contributed by atoms with van der Waals surface area (Å²) in [4.78, 5) is 0. The summed E-state index contributed by atoms with van der Waals surface area (Å²) in [5.74, 6) is -0.253. The van der Waals surface area contributed by atoms with Crippen LogP contribution in [0.3, 0.4) is 0 Å². The molecule has 0 aromatic heterocycles. The highest BCUT2D eigenvalue weighted by Crippen LogP contribution is 2.22. The summed E-state index contributed by atoms with van der Waals surface area (Å²) in [5, 5.41) is 16.5. The molecule has 8 heteroatoms. The van der Waals surface area contributed by atoms with Crippen LogP contribution in [-0.2, 0) is 11.3 Å². The Morgan fingerprint density at radius 1 is 1.32 bits per heavy atom. The molecule has 1 aromatic rings. The second-order valence-corrected chi connectivity index (χ2v) is 5.25. The van der Waals surface area contributed by atoms with Gasteiger partial charge in [0.1, 0.15) is 11.4 Å². The molecular formula is C14H19F3N2O3. The van der Waals surface area contributed by atoms with E-state index < -0.39 is 12.0 Å². The molecule has 124 valence electrons. The van der Waals surface area contributed by atoms with Crippen molar-refractivity contribution in [1.82, 2.24) is 10.6 Å². The Kier molecular flexibility index (Phi) is 5.63. The fourth-order valence-corrected chi connectivity index (χ4v) is 2.14. The number of benzene rings is 1. The van der Waals surface area contributed by atoms with Gasteiger partial charge in [0.2, 0.25) is 0 Å². The molecule has 0 amide bonds. The monoisotopic (exact) mass is 320 g/mol. The van der Waals surface area contributed by atoms with Crippen molar-refractivity contribution < 1.29 is 27.8 Å². The third-order valence-corrected chi connectivity index (χ3v) is 3.19. The molecule has 1 fully saturated rings. The predicted molar refractivity (Wildman–Crippen MR) is 73.5 cm³/mol. The standard InChI is InChI=1S/C14H19F3N2O3/c15-14(16,17)22-12-3-1-11(2-4-12)7-19-9-13(20)8-18-5-6-21-10-13/h1-4,18-20H,5-10H2/t13-/m1/s1. The van der Waals surface area contributed by atoms with E-state index in [0.717, 1.165) is 5.56 Å². The summed E-state index contributed by atoms with van der Waals surface area (Å²) in [6.45, 7) is 2.67. The minimum Gasteiger partial charge on any atom is -0.406 e. The van der Waals surface area contributed by atoms with Gasteiger partial charge in [0.15, 0.2) is 0 Å². The number of hydrogen-bond acceptors (Lipinski definition) is 5. The van der Waals surface area contributed by atoms with E-state index in [9.17, 15) is 18.3 Å². The molecule has 1 aromatic carbocycles. The predicted octanol–water partition coefficient (Wildman–Crippen LogP) is 1.03. The van der Waals surface area contributed by atoms with E-state index in [0.29, 0.717) is 32.8 Å². The molecule has 0 radical (unpaired) electrons. The van der Waals surface area contributed by atoms with Crippen LogP contribution in [0.4, 0.5) is 13.2 Å². The van der Waals surface area contributed by atoms with Gasteiger partial charge in [-0.3, -0.25) is 0 Å². The first kappa shape index (κ1) is 17.0. The molecule has 1 aliphatic rings. The number of hydrogen-bond donors (Lipinski definition) is 3. The summed E-state index contributed by atoms with van der Waals surface area (Å²) < 4.78 is 45.2. The third-order valence-electron chi connectivity index (χ3n) is 3.19. The van der Waals surface area contributed by atoms with Gasteiger partial charge < -0.3 is 25.2 Å². The van der Waals surface area contributed by atoms with Crippen molar-refractivity contribution in [2.75, 3.05) is 32.8 Å². The molecule has 1 heterocycles. The Morgan fingerprint density at radius 2 is 2.05 bits per heavy atom. The molecule has 1 saturated heterocycles. The lowest BCUT2D eigenvalue weighted by Crippen LogP contribution is -2.50. The first-order valence-electron chi connectivity index (χ1n) is 6.93. The van der Waals surface area contributed by atoms with Crippen molar-refractivity contribution >= 4 is 0 Å². The van der Waals surface area contributed by atoms with Gasteiger partial charge in [0, 0.05) is 26.2 Å². The third kappa shape index (κ3) is 5.80. The van der Waals surface area contributed by atoms with Crippen LogP contribution < -0.4 is 15.4 Å². The van der Waals surface area contributed by atoms with Crippen LogP contribution in [0.2, 0.25) is 0 Å². The van der Waals surface area contributed by atoms with E-state index in [1.165, 1.54) is 12.1 Å². The van der Waals surface area contributed by atoms with Gasteiger partial charge in [-0.1, -0.05) is 12.1 Å². The van der Waals surface area contributed by atoms with E-state index in [1.54, 1.807) is 12.1 Å². The van der Waals surface area contributed by atoms with Crippen LogP contribution in [-0.4, -0.2) is 49.9 Å². The normalized spacial score (nSPS) is 23.1. The zero-order valence-corrected chi connectivity index (χ0v) is 11.9. The number of halogens is 3. The van der Waals surface area contributed by atoms with Crippen LogP contribution in [0.25, 0.3) is 0 Å². The van der Waals surface area contributed by atoms with Gasteiger partial charge in [-0.15, -0.1) is 13.2 Å². The van der Waals surface area contributed by atoms with Crippen molar-refractivity contribution in [3.05, 3.63) is 29.8 Å². The second kappa shape index (κ2) is 7.28. The van der Waals surface area contributed by atoms with E-state index in [4.69, 9.17) is 4.74 Å². The number of ether oxygens (including phenoxy) is 2. The van der Waals surface area contributed by atoms with Gasteiger partial charge in [0.05, 0.1) is 13.2 Å². The van der Waals surface area contributed by atoms with Gasteiger partial charge in [0.25, 0.3) is 0 Å². The molecule has 0 aliphatic carbocycles. The maximum atomic E-state index is 12.0. The number of aliphatic hydroxyl groups is 1. The highest BCUT2D eigenvalue weighted by atomic mass is 19.4. The fourth-order valence-electron chi connectivity index (χ4n) is 2.14. The molecular weight excluding hydrogens is 301 g/mol. The molecule has 22 heavy (non-hydrogen) atoms. The van der Waals surface area contributed by atoms with Crippen LogP contribution in [0.1, 0.15) is 5.56 Å². The van der Waals surface area contributed by atoms with Crippen molar-refractivity contribution in [1.29, 1.82) is 0 Å². The summed E-state index contributed by atoms with van der Waals surface area (Å²) in [5.41, 5.74) is -0.198. The molecule has 0 unspecified atom stereocenters. The lowest BCUT2D eigenvalue weighted by molar-refractivity contribution is -0.274. The van der Waals surface area contributed by atoms with E-state index >= 15 is 0 Å². The topological polar surface area (TPSA) is 62.8 Å². The van der Waals surface area contributed by atoms with Gasteiger partial charge in [-0.25, -0.2) is 0 Å². The molecule has 3 N–H and O–H groups in total. The lowest BCUT2D eigenvalue weighted by atomic mass is 10.1. The zero-order valence-electron chi connectivity index (χ0n) is 11.9. The average Bonchev–Trinajstić information content (AvgIpc) is 2.64. The first-order valence-corrected chi connectivity index (χ1v) is 6.93. The molecule has 0 saturated carbocycles. The molecule has 1 atom stereocenters. The Morgan fingerprint density at radius 3 is 2.73 bits per heavy atom. The fraction of sp³-hybridized carbons (Fsp3) is 0.571. The Hall–Kier alpha value is -1.35. The summed E-state index contributed by atoms with van der Waals surface area (Å²) in [6.07, 6.45) is -4.68. The Bertz CT molecular complexity index is 457. The Balaban J connectivity index is 1.79. The van der Waals surface area contributed by atoms with E-state index in [-0.39, 0.29) is 12.4 Å². The smallest absolute Gasteiger partial charge is 0.406 e. The van der Waals surface area contributed by atoms with Gasteiger partial charge in [-0.05, 0) is 17.7 Å². The molecule has 0 bridgehead atoms. The average molecular weight is 320 g/mol. The SMILES string of the molecule is O[C@@]1(CNCc2ccc(OC(F)(F)F)cc2)CNCCOC1. The second-order valence-electron chi connectivity index (χ2n) is 5.25. The number of alkyl halides is 3. The summed E-state index contributed by atoms with van der Waals surface area (Å²) in [7, 11) is 0. The summed E-state index contributed by atoms with van der Waals surface area (Å²) >= 11 is 0. The molecule has 1 aliphatic heterocycles. The number of β-amino-alcohol motifs (C(OH)–C–C–N with tert-alkyl or cyclic N) is 1. The molecule has 2 rings (SSSR count). The number of rotatable bonds is 5. The summed E-state index contributed by atoms with van der Waals surface area (Å²) in [6, 6.07) is 5.60. The quantitative estimate of drug-likeness (QED) is 0.756. The van der Waals surface area contributed by atoms with Crippen molar-refractivity contribution in [3.63, 3.8) is 0 Å². The minimum atomic E-state index is -4.68. The maximum Gasteiger partial charge on any atom is 0.573 e. The van der Waals surface area contributed by atoms with Gasteiger partial charge in [-0.2, -0.15) is 0 Å².